The van der Waals surface area contributed by atoms with Crippen LogP contribution in [-0.2, 0) is 20.0 Å². The van der Waals surface area contributed by atoms with E-state index in [1.54, 1.807) is 6.07 Å². The van der Waals surface area contributed by atoms with Gasteiger partial charge in [-0.3, -0.25) is 9.36 Å². The summed E-state index contributed by atoms with van der Waals surface area (Å²) >= 11 is 6.55. The van der Waals surface area contributed by atoms with E-state index in [0.29, 0.717) is 11.1 Å². The van der Waals surface area contributed by atoms with Gasteiger partial charge in [-0.15, -0.1) is 11.3 Å². The van der Waals surface area contributed by atoms with Crippen LogP contribution in [0.5, 0.6) is 0 Å². The number of anilines is 1. The van der Waals surface area contributed by atoms with Crippen molar-refractivity contribution in [2.75, 3.05) is 5.32 Å². The number of rotatable bonds is 5. The molecule has 0 aliphatic rings. The maximum absolute atomic E-state index is 12.9. The van der Waals surface area contributed by atoms with Crippen molar-refractivity contribution in [3.05, 3.63) is 81.6 Å². The summed E-state index contributed by atoms with van der Waals surface area (Å²) in [6.45, 7) is 0. The minimum Gasteiger partial charge on any atom is -0.307 e. The molecule has 0 saturated carbocycles. The van der Waals surface area contributed by atoms with Gasteiger partial charge in [0.1, 0.15) is 4.21 Å². The average Bonchev–Trinajstić information content (AvgIpc) is 3.21. The lowest BCUT2D eigenvalue weighted by Gasteiger charge is -2.10. The lowest BCUT2D eigenvalue weighted by molar-refractivity contribution is 0.256. The zero-order chi connectivity index (χ0) is 24.7. The van der Waals surface area contributed by atoms with E-state index in [-0.39, 0.29) is 24.5 Å². The van der Waals surface area contributed by atoms with E-state index < -0.39 is 31.6 Å². The number of carbonyl (C=O) groups is 1. The molecular formula is C20H15ClN4O6S3. The molecule has 4 rings (SSSR count). The maximum Gasteiger partial charge on any atom is 0.333 e. The summed E-state index contributed by atoms with van der Waals surface area (Å²) in [4.78, 5) is 24.9. The van der Waals surface area contributed by atoms with Gasteiger partial charge in [-0.2, -0.15) is 0 Å². The van der Waals surface area contributed by atoms with Crippen LogP contribution in [0.1, 0.15) is 0 Å². The van der Waals surface area contributed by atoms with Crippen LogP contribution in [-0.4, -0.2) is 27.4 Å². The summed E-state index contributed by atoms with van der Waals surface area (Å²) in [5, 5.41) is 8.25. The van der Waals surface area contributed by atoms with E-state index in [1.165, 1.54) is 65.4 Å². The zero-order valence-corrected chi connectivity index (χ0v) is 20.1. The van der Waals surface area contributed by atoms with Gasteiger partial charge >= 0.3 is 6.03 Å². The number of nitrogens with two attached hydrogens (primary N) is 1. The molecule has 0 aliphatic carbocycles. The molecule has 0 spiro atoms. The number of primary sulfonamides is 1. The highest BCUT2D eigenvalue weighted by Gasteiger charge is 2.20. The van der Waals surface area contributed by atoms with Crippen molar-refractivity contribution < 1.29 is 21.6 Å². The minimum absolute atomic E-state index is 0.107. The van der Waals surface area contributed by atoms with Gasteiger partial charge in [0.15, 0.2) is 0 Å². The highest BCUT2D eigenvalue weighted by molar-refractivity contribution is 7.92. The van der Waals surface area contributed by atoms with Gasteiger partial charge < -0.3 is 5.32 Å². The first-order chi connectivity index (χ1) is 15.9. The molecule has 4 N–H and O–H groups in total. The number of fused-ring (bicyclic) bond motifs is 1. The van der Waals surface area contributed by atoms with Crippen molar-refractivity contribution in [3.8, 4) is 5.69 Å². The molecule has 0 unspecified atom stereocenters. The number of thiophene rings is 1. The third-order valence-electron chi connectivity index (χ3n) is 4.65. The summed E-state index contributed by atoms with van der Waals surface area (Å²) in [7, 11) is -8.05. The number of halogens is 1. The van der Waals surface area contributed by atoms with Crippen molar-refractivity contribution in [1.82, 2.24) is 9.29 Å². The Labute approximate surface area is 202 Å². The average molecular weight is 539 g/mol. The van der Waals surface area contributed by atoms with Crippen molar-refractivity contribution >= 4 is 65.5 Å². The number of benzene rings is 2. The Morgan fingerprint density at radius 1 is 0.971 bits per heavy atom. The normalized spacial score (nSPS) is 11.9. The Kier molecular flexibility index (Phi) is 6.22. The van der Waals surface area contributed by atoms with Crippen molar-refractivity contribution in [3.63, 3.8) is 0 Å². The zero-order valence-electron chi connectivity index (χ0n) is 16.9. The van der Waals surface area contributed by atoms with E-state index in [4.69, 9.17) is 16.7 Å². The van der Waals surface area contributed by atoms with Gasteiger partial charge in [-0.25, -0.2) is 31.5 Å². The molecule has 2 aromatic heterocycles. The Hall–Kier alpha value is -3.23. The minimum atomic E-state index is -4.08. The number of urea groups is 1. The maximum atomic E-state index is 12.9. The van der Waals surface area contributed by atoms with E-state index >= 15 is 0 Å². The fourth-order valence-corrected chi connectivity index (χ4v) is 6.00. The lowest BCUT2D eigenvalue weighted by Crippen LogP contribution is -2.33. The summed E-state index contributed by atoms with van der Waals surface area (Å²) in [6, 6.07) is 13.4. The number of hydrogen-bond donors (Lipinski definition) is 3. The van der Waals surface area contributed by atoms with E-state index in [9.17, 15) is 26.4 Å². The molecule has 34 heavy (non-hydrogen) atoms. The summed E-state index contributed by atoms with van der Waals surface area (Å²) in [6.07, 6.45) is 1.52. The third-order valence-corrected chi connectivity index (χ3v) is 8.61. The van der Waals surface area contributed by atoms with Crippen LogP contribution >= 0.6 is 22.9 Å². The monoisotopic (exact) mass is 538 g/mol. The van der Waals surface area contributed by atoms with Gasteiger partial charge in [0.2, 0.25) is 10.0 Å². The Bertz CT molecular complexity index is 1690. The second-order valence-corrected chi connectivity index (χ2v) is 12.1. The van der Waals surface area contributed by atoms with Gasteiger partial charge in [-0.05, 0) is 60.0 Å². The molecule has 10 nitrogen and oxygen atoms in total. The van der Waals surface area contributed by atoms with Gasteiger partial charge in [-0.1, -0.05) is 17.7 Å². The quantitative estimate of drug-likeness (QED) is 0.354. The van der Waals surface area contributed by atoms with Crippen LogP contribution < -0.4 is 20.7 Å². The fraction of sp³-hybridized carbons (Fsp3) is 0. The van der Waals surface area contributed by atoms with Crippen LogP contribution in [0.15, 0.2) is 80.8 Å². The summed E-state index contributed by atoms with van der Waals surface area (Å²) in [5.41, 5.74) is 0.230. The molecule has 0 aliphatic heterocycles. The molecule has 0 radical (unpaired) electrons. The Balaban J connectivity index is 1.56. The second-order valence-electron chi connectivity index (χ2n) is 6.95. The number of sulfonamides is 2. The first-order valence-electron chi connectivity index (χ1n) is 9.32. The number of hydrogen-bond acceptors (Lipinski definition) is 7. The molecule has 0 bridgehead atoms. The number of nitrogens with zero attached hydrogens (tertiary/aromatic N) is 1. The predicted molar refractivity (Wildman–Crippen MR) is 130 cm³/mol. The van der Waals surface area contributed by atoms with E-state index in [1.807, 2.05) is 4.72 Å². The van der Waals surface area contributed by atoms with Gasteiger partial charge in [0, 0.05) is 23.0 Å². The predicted octanol–water partition coefficient (Wildman–Crippen LogP) is 2.86. The molecular weight excluding hydrogens is 524 g/mol. The SMILES string of the molecule is NS(=O)(=O)c1ccc2ccn(-c3ccc(NC(=O)NS(=O)(=O)c4ccc(Cl)s4)cc3)c(=O)c2c1. The summed E-state index contributed by atoms with van der Waals surface area (Å²) in [5.74, 6) is 0. The van der Waals surface area contributed by atoms with Crippen LogP contribution in [0.25, 0.3) is 16.5 Å². The Morgan fingerprint density at radius 3 is 2.29 bits per heavy atom. The molecule has 0 saturated heterocycles. The molecule has 4 aromatic rings. The molecule has 176 valence electrons. The molecule has 0 atom stereocenters. The molecule has 2 amide bonds. The number of aromatic nitrogens is 1. The van der Waals surface area contributed by atoms with Gasteiger partial charge in [0.25, 0.3) is 15.6 Å². The van der Waals surface area contributed by atoms with Crippen molar-refractivity contribution in [2.45, 2.75) is 9.10 Å². The number of carbonyl (C=O) groups excluding carboxylic acids is 1. The second kappa shape index (κ2) is 8.85. The van der Waals surface area contributed by atoms with Gasteiger partial charge in [0.05, 0.1) is 9.23 Å². The first-order valence-corrected chi connectivity index (χ1v) is 13.5. The van der Waals surface area contributed by atoms with Crippen molar-refractivity contribution in [1.29, 1.82) is 0 Å². The summed E-state index contributed by atoms with van der Waals surface area (Å²) < 4.78 is 51.0. The molecule has 0 fully saturated rings. The Morgan fingerprint density at radius 2 is 1.68 bits per heavy atom. The number of amides is 2. The standard InChI is InChI=1S/C20H15ClN4O6S3/c21-17-7-8-18(32-17)34(30,31)24-20(27)23-13-2-4-14(5-3-13)25-10-9-12-1-6-15(33(22,28)29)11-16(12)19(25)26/h1-11H,(H2,22,28,29)(H2,23,24,27). The number of nitrogens with one attached hydrogen (secondary N) is 2. The highest BCUT2D eigenvalue weighted by Crippen LogP contribution is 2.25. The third kappa shape index (κ3) is 4.98. The fourth-order valence-electron chi connectivity index (χ4n) is 3.07. The number of pyridine rings is 1. The first kappa shape index (κ1) is 23.9. The molecule has 2 heterocycles. The topological polar surface area (TPSA) is 157 Å². The smallest absolute Gasteiger partial charge is 0.307 e. The molecule has 14 heteroatoms. The van der Waals surface area contributed by atoms with E-state index in [0.717, 1.165) is 11.3 Å². The highest BCUT2D eigenvalue weighted by atomic mass is 35.5. The van der Waals surface area contributed by atoms with Crippen LogP contribution in [0, 0.1) is 0 Å². The lowest BCUT2D eigenvalue weighted by atomic mass is 10.1. The largest absolute Gasteiger partial charge is 0.333 e. The van der Waals surface area contributed by atoms with Crippen LogP contribution in [0.3, 0.4) is 0 Å². The van der Waals surface area contributed by atoms with E-state index in [2.05, 4.69) is 5.32 Å². The van der Waals surface area contributed by atoms with Crippen LogP contribution in [0.4, 0.5) is 10.5 Å². The van der Waals surface area contributed by atoms with Crippen LogP contribution in [0.2, 0.25) is 4.34 Å². The van der Waals surface area contributed by atoms with Crippen molar-refractivity contribution in [2.24, 2.45) is 5.14 Å². The molecule has 2 aromatic carbocycles.